The summed E-state index contributed by atoms with van der Waals surface area (Å²) in [6.07, 6.45) is 1.32. The molecule has 2 aromatic rings. The van der Waals surface area contributed by atoms with Crippen molar-refractivity contribution in [3.05, 3.63) is 58.8 Å². The summed E-state index contributed by atoms with van der Waals surface area (Å²) >= 11 is 0. The molecule has 26 heavy (non-hydrogen) atoms. The molecule has 3 rings (SSSR count). The standard InChI is InChI=1S/C19H20FNO5/c1-2-15-14(18(23)24)11-16(26-15)17(22)21-19(6-8-25-9-7-19)12-4-3-5-13(20)10-12/h3-5,10-11H,2,6-9H2,1H3,(H,21,22)(H,23,24). The molecular weight excluding hydrogens is 341 g/mol. The van der Waals surface area contributed by atoms with Crippen molar-refractivity contribution in [2.24, 2.45) is 0 Å². The van der Waals surface area contributed by atoms with Gasteiger partial charge >= 0.3 is 5.97 Å². The van der Waals surface area contributed by atoms with Crippen LogP contribution in [0.15, 0.2) is 34.7 Å². The predicted molar refractivity (Wildman–Crippen MR) is 90.6 cm³/mol. The molecule has 6 nitrogen and oxygen atoms in total. The maximum atomic E-state index is 13.7. The number of benzene rings is 1. The highest BCUT2D eigenvalue weighted by Crippen LogP contribution is 2.33. The lowest BCUT2D eigenvalue weighted by Crippen LogP contribution is -2.49. The number of aryl methyl sites for hydroxylation is 1. The molecule has 1 aliphatic heterocycles. The first-order chi connectivity index (χ1) is 12.4. The zero-order valence-electron chi connectivity index (χ0n) is 14.4. The lowest BCUT2D eigenvalue weighted by Gasteiger charge is -2.38. The fourth-order valence-electron chi connectivity index (χ4n) is 3.26. The summed E-state index contributed by atoms with van der Waals surface area (Å²) in [6.45, 7) is 2.60. The van der Waals surface area contributed by atoms with E-state index in [4.69, 9.17) is 9.15 Å². The van der Waals surface area contributed by atoms with E-state index in [1.54, 1.807) is 19.1 Å². The first kappa shape index (κ1) is 18.1. The molecule has 138 valence electrons. The zero-order valence-corrected chi connectivity index (χ0v) is 14.4. The molecule has 1 amide bonds. The van der Waals surface area contributed by atoms with Crippen molar-refractivity contribution in [2.75, 3.05) is 13.2 Å². The van der Waals surface area contributed by atoms with Crippen molar-refractivity contribution in [1.29, 1.82) is 0 Å². The predicted octanol–water partition coefficient (Wildman–Crippen LogP) is 3.12. The van der Waals surface area contributed by atoms with Crippen molar-refractivity contribution >= 4 is 11.9 Å². The minimum atomic E-state index is -1.14. The maximum Gasteiger partial charge on any atom is 0.339 e. The van der Waals surface area contributed by atoms with Gasteiger partial charge < -0.3 is 19.6 Å². The van der Waals surface area contributed by atoms with E-state index in [2.05, 4.69) is 5.32 Å². The fraction of sp³-hybridized carbons (Fsp3) is 0.368. The number of ether oxygens (including phenoxy) is 1. The van der Waals surface area contributed by atoms with Gasteiger partial charge in [0.05, 0.1) is 5.54 Å². The molecular formula is C19H20FNO5. The van der Waals surface area contributed by atoms with E-state index in [0.29, 0.717) is 38.0 Å². The van der Waals surface area contributed by atoms with Gasteiger partial charge in [-0.05, 0) is 30.5 Å². The highest BCUT2D eigenvalue weighted by Gasteiger charge is 2.37. The van der Waals surface area contributed by atoms with Gasteiger partial charge in [-0.2, -0.15) is 0 Å². The second-order valence-electron chi connectivity index (χ2n) is 6.27. The van der Waals surface area contributed by atoms with E-state index in [1.165, 1.54) is 18.2 Å². The number of hydrogen-bond acceptors (Lipinski definition) is 4. The van der Waals surface area contributed by atoms with Gasteiger partial charge in [0.2, 0.25) is 0 Å². The third kappa shape index (κ3) is 3.48. The Labute approximate surface area is 150 Å². The number of carbonyl (C=O) groups excluding carboxylic acids is 1. The normalized spacial score (nSPS) is 16.2. The second kappa shape index (κ2) is 7.29. The van der Waals surface area contributed by atoms with Crippen LogP contribution in [0.5, 0.6) is 0 Å². The SMILES string of the molecule is CCc1oc(C(=O)NC2(c3cccc(F)c3)CCOCC2)cc1C(=O)O. The minimum absolute atomic E-state index is 0.0237. The van der Waals surface area contributed by atoms with Crippen LogP contribution in [-0.2, 0) is 16.7 Å². The summed E-state index contributed by atoms with van der Waals surface area (Å²) < 4.78 is 24.5. The number of furan rings is 1. The number of nitrogens with one attached hydrogen (secondary N) is 1. The molecule has 7 heteroatoms. The molecule has 1 aromatic heterocycles. The first-order valence-corrected chi connectivity index (χ1v) is 8.47. The lowest BCUT2D eigenvalue weighted by molar-refractivity contribution is 0.0336. The van der Waals surface area contributed by atoms with E-state index >= 15 is 0 Å². The van der Waals surface area contributed by atoms with Crippen LogP contribution in [0.4, 0.5) is 4.39 Å². The molecule has 1 fully saturated rings. The van der Waals surface area contributed by atoms with Gasteiger partial charge in [-0.1, -0.05) is 19.1 Å². The molecule has 0 radical (unpaired) electrons. The fourth-order valence-corrected chi connectivity index (χ4v) is 3.26. The average molecular weight is 361 g/mol. The highest BCUT2D eigenvalue weighted by molar-refractivity contribution is 5.96. The van der Waals surface area contributed by atoms with Crippen molar-refractivity contribution in [3.8, 4) is 0 Å². The van der Waals surface area contributed by atoms with E-state index in [1.807, 2.05) is 0 Å². The number of carboxylic acids is 1. The molecule has 1 saturated heterocycles. The summed E-state index contributed by atoms with van der Waals surface area (Å²) in [5.74, 6) is -1.88. The molecule has 2 N–H and O–H groups in total. The van der Waals surface area contributed by atoms with Gasteiger partial charge in [0.1, 0.15) is 17.1 Å². The minimum Gasteiger partial charge on any atom is -0.478 e. The summed E-state index contributed by atoms with van der Waals surface area (Å²) in [5.41, 5.74) is -0.167. The third-order valence-electron chi connectivity index (χ3n) is 4.66. The van der Waals surface area contributed by atoms with Crippen LogP contribution in [-0.4, -0.2) is 30.2 Å². The largest absolute Gasteiger partial charge is 0.478 e. The van der Waals surface area contributed by atoms with Crippen molar-refractivity contribution in [3.63, 3.8) is 0 Å². The van der Waals surface area contributed by atoms with E-state index in [9.17, 15) is 19.1 Å². The van der Waals surface area contributed by atoms with Crippen molar-refractivity contribution < 1.29 is 28.2 Å². The van der Waals surface area contributed by atoms with Gasteiger partial charge in [-0.15, -0.1) is 0 Å². The number of rotatable bonds is 5. The number of hydrogen-bond donors (Lipinski definition) is 2. The summed E-state index contributed by atoms with van der Waals surface area (Å²) in [7, 11) is 0. The Hall–Kier alpha value is -2.67. The van der Waals surface area contributed by atoms with Crippen LogP contribution in [0.1, 0.15) is 52.0 Å². The lowest BCUT2D eigenvalue weighted by atomic mass is 9.82. The molecule has 0 atom stereocenters. The zero-order chi connectivity index (χ0) is 18.7. The van der Waals surface area contributed by atoms with Crippen LogP contribution in [0.2, 0.25) is 0 Å². The monoisotopic (exact) mass is 361 g/mol. The summed E-state index contributed by atoms with van der Waals surface area (Å²) in [5, 5.41) is 12.1. The number of amides is 1. The Bertz CT molecular complexity index is 823. The molecule has 2 heterocycles. The van der Waals surface area contributed by atoms with E-state index < -0.39 is 17.4 Å². The Morgan fingerprint density at radius 3 is 2.58 bits per heavy atom. The van der Waals surface area contributed by atoms with Crippen LogP contribution in [0.25, 0.3) is 0 Å². The molecule has 0 spiro atoms. The summed E-state index contributed by atoms with van der Waals surface area (Å²) in [4.78, 5) is 24.0. The maximum absolute atomic E-state index is 13.7. The quantitative estimate of drug-likeness (QED) is 0.854. The molecule has 0 bridgehead atoms. The van der Waals surface area contributed by atoms with Crippen molar-refractivity contribution in [2.45, 2.75) is 31.7 Å². The number of aromatic carboxylic acids is 1. The smallest absolute Gasteiger partial charge is 0.339 e. The third-order valence-corrected chi connectivity index (χ3v) is 4.66. The molecule has 0 aliphatic carbocycles. The molecule has 1 aromatic carbocycles. The van der Waals surface area contributed by atoms with Crippen LogP contribution in [0, 0.1) is 5.82 Å². The molecule has 0 saturated carbocycles. The Balaban J connectivity index is 1.92. The second-order valence-corrected chi connectivity index (χ2v) is 6.27. The van der Waals surface area contributed by atoms with Crippen LogP contribution in [0.3, 0.4) is 0 Å². The van der Waals surface area contributed by atoms with E-state index in [0.717, 1.165) is 0 Å². The van der Waals surface area contributed by atoms with Crippen LogP contribution >= 0.6 is 0 Å². The number of halogens is 1. The number of carbonyl (C=O) groups is 2. The number of carboxylic acid groups (broad SMARTS) is 1. The Morgan fingerprint density at radius 1 is 1.27 bits per heavy atom. The average Bonchev–Trinajstić information content (AvgIpc) is 3.07. The van der Waals surface area contributed by atoms with Gasteiger partial charge in [0.25, 0.3) is 5.91 Å². The topological polar surface area (TPSA) is 88.8 Å². The Kier molecular flexibility index (Phi) is 5.08. The Morgan fingerprint density at radius 2 is 2.00 bits per heavy atom. The molecule has 0 unspecified atom stereocenters. The summed E-state index contributed by atoms with van der Waals surface area (Å²) in [6, 6.07) is 7.33. The van der Waals surface area contributed by atoms with Gasteiger partial charge in [0.15, 0.2) is 5.76 Å². The molecule has 1 aliphatic rings. The van der Waals surface area contributed by atoms with Gasteiger partial charge in [0, 0.05) is 25.7 Å². The van der Waals surface area contributed by atoms with Gasteiger partial charge in [-0.25, -0.2) is 9.18 Å². The van der Waals surface area contributed by atoms with Crippen LogP contribution < -0.4 is 5.32 Å². The highest BCUT2D eigenvalue weighted by atomic mass is 19.1. The first-order valence-electron chi connectivity index (χ1n) is 8.47. The van der Waals surface area contributed by atoms with E-state index in [-0.39, 0.29) is 22.9 Å². The van der Waals surface area contributed by atoms with Crippen molar-refractivity contribution in [1.82, 2.24) is 5.32 Å². The van der Waals surface area contributed by atoms with Gasteiger partial charge in [-0.3, -0.25) is 4.79 Å².